The van der Waals surface area contributed by atoms with Crippen LogP contribution in [-0.4, -0.2) is 25.5 Å². The molecule has 0 spiro atoms. The standard InChI is InChI=1S/C11H14N2O3/c1-7-5-8(13-10(14)6-12)3-4-9(7)11(15)16-2/h3-5H,6,12H2,1-2H3,(H,13,14). The Bertz CT molecular complexity index is 416. The maximum absolute atomic E-state index is 11.3. The van der Waals surface area contributed by atoms with Crippen LogP contribution >= 0.6 is 0 Å². The molecule has 0 heterocycles. The predicted molar refractivity (Wildman–Crippen MR) is 60.2 cm³/mol. The van der Waals surface area contributed by atoms with E-state index in [0.29, 0.717) is 11.3 Å². The van der Waals surface area contributed by atoms with Crippen LogP contribution in [0.5, 0.6) is 0 Å². The van der Waals surface area contributed by atoms with E-state index < -0.39 is 5.97 Å². The van der Waals surface area contributed by atoms with Gasteiger partial charge in [0, 0.05) is 5.69 Å². The van der Waals surface area contributed by atoms with E-state index in [9.17, 15) is 9.59 Å². The molecular weight excluding hydrogens is 208 g/mol. The average Bonchev–Trinajstić information content (AvgIpc) is 2.28. The van der Waals surface area contributed by atoms with Gasteiger partial charge in [0.15, 0.2) is 0 Å². The summed E-state index contributed by atoms with van der Waals surface area (Å²) < 4.78 is 4.61. The van der Waals surface area contributed by atoms with Crippen molar-refractivity contribution in [2.75, 3.05) is 19.0 Å². The maximum Gasteiger partial charge on any atom is 0.338 e. The van der Waals surface area contributed by atoms with Crippen LogP contribution in [0.15, 0.2) is 18.2 Å². The quantitative estimate of drug-likeness (QED) is 0.737. The number of rotatable bonds is 3. The Hall–Kier alpha value is -1.88. The minimum atomic E-state index is -0.394. The monoisotopic (exact) mass is 222 g/mol. The maximum atomic E-state index is 11.3. The molecular formula is C11H14N2O3. The third-order valence-electron chi connectivity index (χ3n) is 2.10. The van der Waals surface area contributed by atoms with Crippen molar-refractivity contribution >= 4 is 17.6 Å². The third-order valence-corrected chi connectivity index (χ3v) is 2.10. The van der Waals surface area contributed by atoms with Gasteiger partial charge in [-0.15, -0.1) is 0 Å². The molecule has 0 aliphatic carbocycles. The number of ether oxygens (including phenoxy) is 1. The molecule has 0 saturated carbocycles. The van der Waals surface area contributed by atoms with Crippen molar-refractivity contribution < 1.29 is 14.3 Å². The number of nitrogens with one attached hydrogen (secondary N) is 1. The highest BCUT2D eigenvalue weighted by atomic mass is 16.5. The van der Waals surface area contributed by atoms with E-state index in [1.54, 1.807) is 25.1 Å². The molecule has 0 aliphatic rings. The molecule has 86 valence electrons. The van der Waals surface area contributed by atoms with E-state index in [1.165, 1.54) is 7.11 Å². The van der Waals surface area contributed by atoms with Crippen LogP contribution in [0.4, 0.5) is 5.69 Å². The number of nitrogens with two attached hydrogens (primary N) is 1. The summed E-state index contributed by atoms with van der Waals surface area (Å²) in [5.41, 5.74) is 7.00. The molecule has 5 heteroatoms. The van der Waals surface area contributed by atoms with Gasteiger partial charge in [-0.1, -0.05) is 0 Å². The van der Waals surface area contributed by atoms with E-state index in [-0.39, 0.29) is 12.5 Å². The minimum Gasteiger partial charge on any atom is -0.465 e. The topological polar surface area (TPSA) is 81.4 Å². The number of amides is 1. The lowest BCUT2D eigenvalue weighted by molar-refractivity contribution is -0.114. The van der Waals surface area contributed by atoms with Gasteiger partial charge in [0.25, 0.3) is 0 Å². The summed E-state index contributed by atoms with van der Waals surface area (Å²) in [4.78, 5) is 22.3. The molecule has 1 amide bonds. The molecule has 3 N–H and O–H groups in total. The molecule has 0 fully saturated rings. The average molecular weight is 222 g/mol. The molecule has 0 atom stereocenters. The Morgan fingerprint density at radius 1 is 1.44 bits per heavy atom. The van der Waals surface area contributed by atoms with Crippen LogP contribution in [0.25, 0.3) is 0 Å². The van der Waals surface area contributed by atoms with E-state index in [1.807, 2.05) is 0 Å². The Balaban J connectivity index is 2.91. The Kier molecular flexibility index (Phi) is 4.02. The molecule has 1 aromatic carbocycles. The van der Waals surface area contributed by atoms with Gasteiger partial charge in [-0.2, -0.15) is 0 Å². The van der Waals surface area contributed by atoms with Crippen molar-refractivity contribution in [3.63, 3.8) is 0 Å². The van der Waals surface area contributed by atoms with Crippen molar-refractivity contribution in [3.8, 4) is 0 Å². The van der Waals surface area contributed by atoms with Crippen LogP contribution in [0.1, 0.15) is 15.9 Å². The molecule has 1 aromatic rings. The zero-order valence-corrected chi connectivity index (χ0v) is 9.24. The van der Waals surface area contributed by atoms with Crippen LogP contribution in [-0.2, 0) is 9.53 Å². The van der Waals surface area contributed by atoms with Gasteiger partial charge < -0.3 is 15.8 Å². The summed E-state index contributed by atoms with van der Waals surface area (Å²) in [5.74, 6) is -0.667. The fourth-order valence-electron chi connectivity index (χ4n) is 1.29. The molecule has 0 bridgehead atoms. The predicted octanol–water partition coefficient (Wildman–Crippen LogP) is 0.679. The van der Waals surface area contributed by atoms with E-state index in [0.717, 1.165) is 5.56 Å². The fourth-order valence-corrected chi connectivity index (χ4v) is 1.29. The Morgan fingerprint density at radius 2 is 2.12 bits per heavy atom. The number of aryl methyl sites for hydroxylation is 1. The van der Waals surface area contributed by atoms with E-state index in [4.69, 9.17) is 5.73 Å². The van der Waals surface area contributed by atoms with Gasteiger partial charge in [-0.3, -0.25) is 4.79 Å². The van der Waals surface area contributed by atoms with E-state index >= 15 is 0 Å². The summed E-state index contributed by atoms with van der Waals surface area (Å²) in [6.45, 7) is 1.70. The first-order valence-corrected chi connectivity index (χ1v) is 4.77. The van der Waals surface area contributed by atoms with Crippen molar-refractivity contribution in [1.82, 2.24) is 0 Å². The molecule has 0 radical (unpaired) electrons. The Morgan fingerprint density at radius 3 is 2.62 bits per heavy atom. The molecule has 0 aliphatic heterocycles. The number of carbonyl (C=O) groups is 2. The largest absolute Gasteiger partial charge is 0.465 e. The summed E-state index contributed by atoms with van der Waals surface area (Å²) >= 11 is 0. The zero-order valence-electron chi connectivity index (χ0n) is 9.24. The third kappa shape index (κ3) is 2.80. The van der Waals surface area contributed by atoms with Crippen LogP contribution < -0.4 is 11.1 Å². The van der Waals surface area contributed by atoms with Crippen LogP contribution in [0.2, 0.25) is 0 Å². The minimum absolute atomic E-state index is 0.0716. The lowest BCUT2D eigenvalue weighted by Crippen LogP contribution is -2.21. The summed E-state index contributed by atoms with van der Waals surface area (Å²) in [6, 6.07) is 4.93. The molecule has 16 heavy (non-hydrogen) atoms. The SMILES string of the molecule is COC(=O)c1ccc(NC(=O)CN)cc1C. The molecule has 0 saturated heterocycles. The number of methoxy groups -OCH3 is 1. The fraction of sp³-hybridized carbons (Fsp3) is 0.273. The van der Waals surface area contributed by atoms with E-state index in [2.05, 4.69) is 10.1 Å². The smallest absolute Gasteiger partial charge is 0.338 e. The van der Waals surface area contributed by atoms with Crippen LogP contribution in [0.3, 0.4) is 0 Å². The Labute approximate surface area is 93.6 Å². The van der Waals surface area contributed by atoms with Crippen molar-refractivity contribution in [3.05, 3.63) is 29.3 Å². The summed E-state index contributed by atoms with van der Waals surface area (Å²) in [6.07, 6.45) is 0. The second kappa shape index (κ2) is 5.27. The molecule has 0 unspecified atom stereocenters. The normalized spacial score (nSPS) is 9.69. The van der Waals surface area contributed by atoms with Crippen molar-refractivity contribution in [2.45, 2.75) is 6.92 Å². The summed E-state index contributed by atoms with van der Waals surface area (Å²) in [5, 5.41) is 2.60. The van der Waals surface area contributed by atoms with Crippen molar-refractivity contribution in [2.24, 2.45) is 5.73 Å². The number of carbonyl (C=O) groups excluding carboxylic acids is 2. The lowest BCUT2D eigenvalue weighted by Gasteiger charge is -2.07. The van der Waals surface area contributed by atoms with Crippen molar-refractivity contribution in [1.29, 1.82) is 0 Å². The number of hydrogen-bond acceptors (Lipinski definition) is 4. The zero-order chi connectivity index (χ0) is 12.1. The number of esters is 1. The highest BCUT2D eigenvalue weighted by Gasteiger charge is 2.09. The van der Waals surface area contributed by atoms with Crippen LogP contribution in [0, 0.1) is 6.92 Å². The first kappa shape index (κ1) is 12.2. The molecule has 1 rings (SSSR count). The number of anilines is 1. The molecule has 5 nitrogen and oxygen atoms in total. The van der Waals surface area contributed by atoms with Gasteiger partial charge >= 0.3 is 5.97 Å². The van der Waals surface area contributed by atoms with Gasteiger partial charge in [-0.05, 0) is 30.7 Å². The second-order valence-corrected chi connectivity index (χ2v) is 3.27. The van der Waals surface area contributed by atoms with Gasteiger partial charge in [0.1, 0.15) is 0 Å². The number of benzene rings is 1. The first-order valence-electron chi connectivity index (χ1n) is 4.77. The second-order valence-electron chi connectivity index (χ2n) is 3.27. The van der Waals surface area contributed by atoms with Gasteiger partial charge in [0.05, 0.1) is 19.2 Å². The highest BCUT2D eigenvalue weighted by molar-refractivity contribution is 5.94. The molecule has 0 aromatic heterocycles. The summed E-state index contributed by atoms with van der Waals surface area (Å²) in [7, 11) is 1.33. The first-order chi connectivity index (χ1) is 7.58. The lowest BCUT2D eigenvalue weighted by atomic mass is 10.1. The number of hydrogen-bond donors (Lipinski definition) is 2. The van der Waals surface area contributed by atoms with Gasteiger partial charge in [-0.25, -0.2) is 4.79 Å². The van der Waals surface area contributed by atoms with Gasteiger partial charge in [0.2, 0.25) is 5.91 Å². The highest BCUT2D eigenvalue weighted by Crippen LogP contribution is 2.15.